The predicted molar refractivity (Wildman–Crippen MR) is 115 cm³/mol. The molecule has 10 nitrogen and oxygen atoms in total. The summed E-state index contributed by atoms with van der Waals surface area (Å²) in [6, 6.07) is 5.36. The highest BCUT2D eigenvalue weighted by molar-refractivity contribution is 6.28. The maximum atomic E-state index is 13.1. The standard InChI is InChI=1S/C21H22ClN7O3/c22-20-24-11-25-21(27-20)28(14-5-6-23-8-14)9-12-1-2-13-10-29(19(32)15(13)7-12)16-3-4-17(30)26-18(16)31/h1-2,7,11,14,16,23H,3-6,8-10H2,(H,26,30,31). The number of rotatable bonds is 5. The van der Waals surface area contributed by atoms with E-state index in [4.69, 9.17) is 11.6 Å². The lowest BCUT2D eigenvalue weighted by atomic mass is 10.0. The Hall–Kier alpha value is -3.11. The van der Waals surface area contributed by atoms with Gasteiger partial charge in [-0.3, -0.25) is 19.7 Å². The number of nitrogens with zero attached hydrogens (tertiary/aromatic N) is 5. The van der Waals surface area contributed by atoms with E-state index in [0.29, 0.717) is 31.0 Å². The summed E-state index contributed by atoms with van der Waals surface area (Å²) >= 11 is 6.00. The number of fused-ring (bicyclic) bond motifs is 1. The van der Waals surface area contributed by atoms with Crippen LogP contribution in [0.15, 0.2) is 24.5 Å². The van der Waals surface area contributed by atoms with Gasteiger partial charge in [0.15, 0.2) is 0 Å². The van der Waals surface area contributed by atoms with E-state index in [1.54, 1.807) is 4.90 Å². The Morgan fingerprint density at radius 2 is 2.06 bits per heavy atom. The third kappa shape index (κ3) is 3.91. The molecule has 5 rings (SSSR count). The predicted octanol–water partition coefficient (Wildman–Crippen LogP) is 0.654. The lowest BCUT2D eigenvalue weighted by molar-refractivity contribution is -0.136. The van der Waals surface area contributed by atoms with Gasteiger partial charge in [-0.1, -0.05) is 12.1 Å². The van der Waals surface area contributed by atoms with Crippen molar-refractivity contribution < 1.29 is 14.4 Å². The minimum Gasteiger partial charge on any atom is -0.332 e. The van der Waals surface area contributed by atoms with Gasteiger partial charge >= 0.3 is 0 Å². The number of benzene rings is 1. The molecule has 0 radical (unpaired) electrons. The van der Waals surface area contributed by atoms with Crippen LogP contribution in [0.5, 0.6) is 0 Å². The van der Waals surface area contributed by atoms with Gasteiger partial charge in [0.2, 0.25) is 23.0 Å². The summed E-state index contributed by atoms with van der Waals surface area (Å²) in [6.45, 7) is 2.58. The molecule has 0 spiro atoms. The fourth-order valence-corrected chi connectivity index (χ4v) is 4.69. The highest BCUT2D eigenvalue weighted by Gasteiger charge is 2.39. The first-order valence-corrected chi connectivity index (χ1v) is 11.0. The molecule has 2 fully saturated rings. The first kappa shape index (κ1) is 20.8. The molecule has 166 valence electrons. The van der Waals surface area contributed by atoms with Crippen LogP contribution < -0.4 is 15.5 Å². The summed E-state index contributed by atoms with van der Waals surface area (Å²) in [6.07, 6.45) is 2.92. The molecule has 3 aliphatic rings. The molecule has 2 unspecified atom stereocenters. The van der Waals surface area contributed by atoms with Gasteiger partial charge in [-0.2, -0.15) is 4.98 Å². The van der Waals surface area contributed by atoms with E-state index in [-0.39, 0.29) is 29.6 Å². The Balaban J connectivity index is 1.38. The molecule has 3 amide bonds. The maximum Gasteiger partial charge on any atom is 0.255 e. The number of anilines is 1. The number of amides is 3. The van der Waals surface area contributed by atoms with E-state index in [0.717, 1.165) is 30.6 Å². The Bertz CT molecular complexity index is 1090. The monoisotopic (exact) mass is 455 g/mol. The molecule has 2 N–H and O–H groups in total. The molecule has 2 aromatic rings. The molecular formula is C21H22ClN7O3. The van der Waals surface area contributed by atoms with Crippen molar-refractivity contribution in [2.75, 3.05) is 18.0 Å². The molecule has 2 saturated heterocycles. The van der Waals surface area contributed by atoms with Crippen LogP contribution in [0.4, 0.5) is 5.95 Å². The van der Waals surface area contributed by atoms with Crippen LogP contribution in [0.3, 0.4) is 0 Å². The third-order valence-corrected chi connectivity index (χ3v) is 6.39. The summed E-state index contributed by atoms with van der Waals surface area (Å²) in [4.78, 5) is 52.9. The molecule has 0 bridgehead atoms. The SMILES string of the molecule is O=C1CCC(N2Cc3ccc(CN(c4ncnc(Cl)n4)C4CCNC4)cc3C2=O)C(=O)N1. The zero-order valence-electron chi connectivity index (χ0n) is 17.3. The fourth-order valence-electron chi connectivity index (χ4n) is 4.57. The Morgan fingerprint density at radius 1 is 1.19 bits per heavy atom. The first-order chi connectivity index (χ1) is 15.5. The largest absolute Gasteiger partial charge is 0.332 e. The van der Waals surface area contributed by atoms with E-state index in [9.17, 15) is 14.4 Å². The molecule has 4 heterocycles. The highest BCUT2D eigenvalue weighted by atomic mass is 35.5. The van der Waals surface area contributed by atoms with Crippen molar-refractivity contribution in [2.24, 2.45) is 0 Å². The summed E-state index contributed by atoms with van der Waals surface area (Å²) in [5.41, 5.74) is 2.40. The average Bonchev–Trinajstić information content (AvgIpc) is 3.41. The highest BCUT2D eigenvalue weighted by Crippen LogP contribution is 2.29. The van der Waals surface area contributed by atoms with E-state index >= 15 is 0 Å². The maximum absolute atomic E-state index is 13.1. The number of carbonyl (C=O) groups is 3. The second-order valence-electron chi connectivity index (χ2n) is 8.22. The smallest absolute Gasteiger partial charge is 0.255 e. The fraction of sp³-hybridized carbons (Fsp3) is 0.429. The van der Waals surface area contributed by atoms with Gasteiger partial charge in [0.05, 0.1) is 0 Å². The summed E-state index contributed by atoms with van der Waals surface area (Å²) in [5, 5.41) is 5.82. The lowest BCUT2D eigenvalue weighted by Gasteiger charge is -2.29. The molecule has 32 heavy (non-hydrogen) atoms. The molecule has 2 atom stereocenters. The zero-order valence-corrected chi connectivity index (χ0v) is 18.0. The molecular weight excluding hydrogens is 434 g/mol. The molecule has 1 aromatic carbocycles. The number of halogens is 1. The van der Waals surface area contributed by atoms with E-state index in [1.165, 1.54) is 6.33 Å². The number of piperidine rings is 1. The quantitative estimate of drug-likeness (QED) is 0.631. The Kier molecular flexibility index (Phi) is 5.48. The van der Waals surface area contributed by atoms with Gasteiger partial charge in [0.1, 0.15) is 12.4 Å². The van der Waals surface area contributed by atoms with Gasteiger partial charge in [-0.25, -0.2) is 9.97 Å². The third-order valence-electron chi connectivity index (χ3n) is 6.21. The minimum atomic E-state index is -0.621. The average molecular weight is 456 g/mol. The summed E-state index contributed by atoms with van der Waals surface area (Å²) < 4.78 is 0. The first-order valence-electron chi connectivity index (χ1n) is 10.6. The molecule has 3 aliphatic heterocycles. The molecule has 0 aliphatic carbocycles. The molecule has 0 saturated carbocycles. The zero-order chi connectivity index (χ0) is 22.2. The van der Waals surface area contributed by atoms with Crippen molar-refractivity contribution in [3.63, 3.8) is 0 Å². The van der Waals surface area contributed by atoms with E-state index < -0.39 is 11.9 Å². The normalized spacial score (nSPS) is 22.8. The molecule has 1 aromatic heterocycles. The minimum absolute atomic E-state index is 0.134. The van der Waals surface area contributed by atoms with Crippen molar-refractivity contribution in [2.45, 2.75) is 44.4 Å². The van der Waals surface area contributed by atoms with Crippen molar-refractivity contribution in [3.8, 4) is 0 Å². The Morgan fingerprint density at radius 3 is 2.81 bits per heavy atom. The summed E-state index contributed by atoms with van der Waals surface area (Å²) in [7, 11) is 0. The second-order valence-corrected chi connectivity index (χ2v) is 8.56. The van der Waals surface area contributed by atoms with Crippen molar-refractivity contribution in [3.05, 3.63) is 46.5 Å². The lowest BCUT2D eigenvalue weighted by Crippen LogP contribution is -2.52. The number of carbonyl (C=O) groups excluding carboxylic acids is 3. The van der Waals surface area contributed by atoms with Crippen LogP contribution in [0, 0.1) is 0 Å². The number of hydrogen-bond acceptors (Lipinski definition) is 8. The molecule has 11 heteroatoms. The van der Waals surface area contributed by atoms with Gasteiger partial charge in [0, 0.05) is 37.7 Å². The van der Waals surface area contributed by atoms with Crippen molar-refractivity contribution >= 4 is 35.3 Å². The van der Waals surface area contributed by atoms with Crippen LogP contribution in [-0.2, 0) is 22.7 Å². The van der Waals surface area contributed by atoms with Gasteiger partial charge in [-0.05, 0) is 48.2 Å². The van der Waals surface area contributed by atoms with Crippen molar-refractivity contribution in [1.29, 1.82) is 0 Å². The van der Waals surface area contributed by atoms with Crippen LogP contribution in [0.1, 0.15) is 40.7 Å². The van der Waals surface area contributed by atoms with Crippen LogP contribution >= 0.6 is 11.6 Å². The van der Waals surface area contributed by atoms with E-state index in [2.05, 4.69) is 30.5 Å². The van der Waals surface area contributed by atoms with E-state index in [1.807, 2.05) is 18.2 Å². The Labute approximate surface area is 189 Å². The van der Waals surface area contributed by atoms with Crippen LogP contribution in [-0.4, -0.2) is 62.7 Å². The number of imide groups is 1. The van der Waals surface area contributed by atoms with Gasteiger partial charge < -0.3 is 15.1 Å². The van der Waals surface area contributed by atoms with Gasteiger partial charge in [0.25, 0.3) is 5.91 Å². The van der Waals surface area contributed by atoms with Gasteiger partial charge in [-0.15, -0.1) is 0 Å². The number of hydrogen-bond donors (Lipinski definition) is 2. The number of nitrogens with one attached hydrogen (secondary N) is 2. The van der Waals surface area contributed by atoms with Crippen LogP contribution in [0.2, 0.25) is 5.28 Å². The summed E-state index contributed by atoms with van der Waals surface area (Å²) in [5.74, 6) is -0.392. The van der Waals surface area contributed by atoms with Crippen LogP contribution in [0.25, 0.3) is 0 Å². The topological polar surface area (TPSA) is 120 Å². The second kappa shape index (κ2) is 8.44. The number of aromatic nitrogens is 3. The van der Waals surface area contributed by atoms with Crippen molar-refractivity contribution in [1.82, 2.24) is 30.5 Å².